The van der Waals surface area contributed by atoms with Crippen molar-refractivity contribution in [1.82, 2.24) is 4.98 Å². The molecule has 0 aliphatic carbocycles. The molecule has 0 spiro atoms. The molecule has 0 bridgehead atoms. The summed E-state index contributed by atoms with van der Waals surface area (Å²) in [5.74, 6) is -0.600. The minimum atomic E-state index is -0.599. The number of pyridine rings is 1. The topological polar surface area (TPSA) is 63.0 Å². The first-order valence-corrected chi connectivity index (χ1v) is 8.35. The van der Waals surface area contributed by atoms with Crippen LogP contribution in [0.5, 0.6) is 0 Å². The zero-order valence-corrected chi connectivity index (χ0v) is 15.3. The number of hydrogen-bond acceptors (Lipinski definition) is 4. The monoisotopic (exact) mass is 382 g/mol. The quantitative estimate of drug-likeness (QED) is 0.541. The highest BCUT2D eigenvalue weighted by Gasteiger charge is 2.26. The first-order chi connectivity index (χ1) is 11.4. The van der Waals surface area contributed by atoms with Gasteiger partial charge in [-0.15, -0.1) is 11.6 Å². The molecular weight excluding hydrogens is 371 g/mol. The highest BCUT2D eigenvalue weighted by atomic mass is 35.5. The molecular formula is C17H13Cl3N2O2. The van der Waals surface area contributed by atoms with Gasteiger partial charge in [-0.2, -0.15) is 5.26 Å². The summed E-state index contributed by atoms with van der Waals surface area (Å²) in [4.78, 5) is 16.8. The van der Waals surface area contributed by atoms with Crippen LogP contribution in [0.3, 0.4) is 0 Å². The van der Waals surface area contributed by atoms with E-state index in [9.17, 15) is 10.1 Å². The third kappa shape index (κ3) is 3.49. The van der Waals surface area contributed by atoms with E-state index in [-0.39, 0.29) is 23.6 Å². The van der Waals surface area contributed by atoms with Crippen LogP contribution in [0.1, 0.15) is 34.2 Å². The molecule has 1 heterocycles. The number of carbonyl (C=O) groups excluding carboxylic acids is 1. The van der Waals surface area contributed by atoms with Gasteiger partial charge in [0.15, 0.2) is 0 Å². The molecule has 1 aromatic heterocycles. The molecule has 0 unspecified atom stereocenters. The van der Waals surface area contributed by atoms with Crippen molar-refractivity contribution in [3.05, 3.63) is 50.8 Å². The standard InChI is InChI=1S/C17H13Cl3N2O2/c1-3-24-17(23)16-14(7-18)22-9(2)12(8-21)15(16)11-5-4-10(19)6-13(11)20/h4-6H,3,7H2,1-2H3. The third-order valence-corrected chi connectivity index (χ3v) is 4.17. The Balaban J connectivity index is 2.92. The van der Waals surface area contributed by atoms with E-state index in [1.54, 1.807) is 32.0 Å². The summed E-state index contributed by atoms with van der Waals surface area (Å²) >= 11 is 18.2. The summed E-state index contributed by atoms with van der Waals surface area (Å²) in [6, 6.07) is 6.92. The van der Waals surface area contributed by atoms with E-state index in [2.05, 4.69) is 11.1 Å². The van der Waals surface area contributed by atoms with Crippen molar-refractivity contribution >= 4 is 40.8 Å². The number of carbonyl (C=O) groups is 1. The number of hydrogen-bond donors (Lipinski definition) is 0. The van der Waals surface area contributed by atoms with Gasteiger partial charge < -0.3 is 4.74 Å². The van der Waals surface area contributed by atoms with E-state index in [1.807, 2.05) is 0 Å². The maximum absolute atomic E-state index is 12.5. The van der Waals surface area contributed by atoms with Crippen molar-refractivity contribution in [3.63, 3.8) is 0 Å². The van der Waals surface area contributed by atoms with Crippen LogP contribution < -0.4 is 0 Å². The van der Waals surface area contributed by atoms with Gasteiger partial charge in [-0.05, 0) is 26.0 Å². The second kappa shape index (κ2) is 7.85. The van der Waals surface area contributed by atoms with Crippen molar-refractivity contribution in [2.45, 2.75) is 19.7 Å². The zero-order valence-electron chi connectivity index (χ0n) is 13.0. The maximum Gasteiger partial charge on any atom is 0.340 e. The molecule has 0 saturated carbocycles. The molecule has 0 fully saturated rings. The normalized spacial score (nSPS) is 10.3. The molecule has 0 amide bonds. The maximum atomic E-state index is 12.5. The summed E-state index contributed by atoms with van der Waals surface area (Å²) in [5, 5.41) is 10.3. The van der Waals surface area contributed by atoms with Crippen LogP contribution in [-0.2, 0) is 10.6 Å². The smallest absolute Gasteiger partial charge is 0.340 e. The molecule has 0 saturated heterocycles. The van der Waals surface area contributed by atoms with Crippen molar-refractivity contribution in [2.24, 2.45) is 0 Å². The Morgan fingerprint density at radius 2 is 2.08 bits per heavy atom. The Morgan fingerprint density at radius 1 is 1.38 bits per heavy atom. The van der Waals surface area contributed by atoms with Crippen LogP contribution in [0.4, 0.5) is 0 Å². The minimum absolute atomic E-state index is 0.00109. The molecule has 2 rings (SSSR count). The van der Waals surface area contributed by atoms with Gasteiger partial charge in [0, 0.05) is 21.2 Å². The number of nitriles is 1. The van der Waals surface area contributed by atoms with Crippen LogP contribution in [0.15, 0.2) is 18.2 Å². The van der Waals surface area contributed by atoms with Gasteiger partial charge >= 0.3 is 5.97 Å². The zero-order chi connectivity index (χ0) is 17.9. The number of halogens is 3. The first kappa shape index (κ1) is 18.5. The molecule has 0 aliphatic rings. The number of ether oxygens (including phenoxy) is 1. The highest BCUT2D eigenvalue weighted by molar-refractivity contribution is 6.36. The lowest BCUT2D eigenvalue weighted by Gasteiger charge is -2.16. The van der Waals surface area contributed by atoms with Gasteiger partial charge in [-0.3, -0.25) is 4.98 Å². The van der Waals surface area contributed by atoms with Crippen LogP contribution in [0.25, 0.3) is 11.1 Å². The van der Waals surface area contributed by atoms with E-state index in [0.29, 0.717) is 32.6 Å². The van der Waals surface area contributed by atoms with E-state index >= 15 is 0 Å². The molecule has 124 valence electrons. The van der Waals surface area contributed by atoms with Crippen LogP contribution in [-0.4, -0.2) is 17.6 Å². The lowest BCUT2D eigenvalue weighted by Crippen LogP contribution is -2.14. The van der Waals surface area contributed by atoms with Gasteiger partial charge in [0.2, 0.25) is 0 Å². The number of aryl methyl sites for hydroxylation is 1. The number of rotatable bonds is 4. The van der Waals surface area contributed by atoms with Crippen LogP contribution in [0, 0.1) is 18.3 Å². The predicted molar refractivity (Wildman–Crippen MR) is 94.7 cm³/mol. The van der Waals surface area contributed by atoms with Crippen LogP contribution >= 0.6 is 34.8 Å². The molecule has 0 N–H and O–H groups in total. The molecule has 7 heteroatoms. The second-order valence-corrected chi connectivity index (χ2v) is 5.97. The fraction of sp³-hybridized carbons (Fsp3) is 0.235. The molecule has 0 atom stereocenters. The molecule has 4 nitrogen and oxygen atoms in total. The Kier molecular flexibility index (Phi) is 6.06. The summed E-state index contributed by atoms with van der Waals surface area (Å²) in [6.45, 7) is 3.56. The fourth-order valence-electron chi connectivity index (χ4n) is 2.38. The Labute approximate surface area is 154 Å². The average Bonchev–Trinajstić information content (AvgIpc) is 2.54. The van der Waals surface area contributed by atoms with Crippen molar-refractivity contribution in [1.29, 1.82) is 5.26 Å². The number of benzene rings is 1. The Morgan fingerprint density at radius 3 is 2.62 bits per heavy atom. The van der Waals surface area contributed by atoms with Crippen molar-refractivity contribution < 1.29 is 9.53 Å². The lowest BCUT2D eigenvalue weighted by molar-refractivity contribution is 0.0525. The average molecular weight is 384 g/mol. The third-order valence-electron chi connectivity index (χ3n) is 3.37. The van der Waals surface area contributed by atoms with Gasteiger partial charge in [0.1, 0.15) is 6.07 Å². The van der Waals surface area contributed by atoms with Crippen molar-refractivity contribution in [3.8, 4) is 17.2 Å². The molecule has 0 radical (unpaired) electrons. The summed E-state index contributed by atoms with van der Waals surface area (Å²) in [7, 11) is 0. The summed E-state index contributed by atoms with van der Waals surface area (Å²) < 4.78 is 5.12. The predicted octanol–water partition coefficient (Wildman–Crippen LogP) is 5.15. The van der Waals surface area contributed by atoms with E-state index in [4.69, 9.17) is 39.5 Å². The lowest BCUT2D eigenvalue weighted by atomic mass is 9.93. The SMILES string of the molecule is CCOC(=O)c1c(CCl)nc(C)c(C#N)c1-c1ccc(Cl)cc1Cl. The van der Waals surface area contributed by atoms with Crippen LogP contribution in [0.2, 0.25) is 10.0 Å². The second-order valence-electron chi connectivity index (χ2n) is 4.86. The molecule has 2 aromatic rings. The number of alkyl halides is 1. The van der Waals surface area contributed by atoms with E-state index in [1.165, 1.54) is 0 Å². The summed E-state index contributed by atoms with van der Waals surface area (Å²) in [5.41, 5.74) is 2.06. The molecule has 1 aromatic carbocycles. The van der Waals surface area contributed by atoms with E-state index < -0.39 is 5.97 Å². The fourth-order valence-corrected chi connectivity index (χ4v) is 3.08. The first-order valence-electron chi connectivity index (χ1n) is 7.06. The number of esters is 1. The Hall–Kier alpha value is -1.80. The number of aromatic nitrogens is 1. The van der Waals surface area contributed by atoms with Gasteiger partial charge in [0.05, 0.1) is 35.0 Å². The summed E-state index contributed by atoms with van der Waals surface area (Å²) in [6.07, 6.45) is 0. The number of nitrogens with zero attached hydrogens (tertiary/aromatic N) is 2. The Bertz CT molecular complexity index is 845. The van der Waals surface area contributed by atoms with Gasteiger partial charge in [-0.1, -0.05) is 29.3 Å². The van der Waals surface area contributed by atoms with E-state index in [0.717, 1.165) is 0 Å². The minimum Gasteiger partial charge on any atom is -0.462 e. The van der Waals surface area contributed by atoms with Gasteiger partial charge in [0.25, 0.3) is 0 Å². The largest absolute Gasteiger partial charge is 0.462 e. The molecule has 0 aliphatic heterocycles. The van der Waals surface area contributed by atoms with Gasteiger partial charge in [-0.25, -0.2) is 4.79 Å². The highest BCUT2D eigenvalue weighted by Crippen LogP contribution is 2.37. The molecule has 24 heavy (non-hydrogen) atoms. The van der Waals surface area contributed by atoms with Crippen molar-refractivity contribution in [2.75, 3.05) is 6.61 Å².